The number of carbonyl (C=O) groups excluding carboxylic acids is 1. The molecule has 6 nitrogen and oxygen atoms in total. The molecule has 2 aromatic heterocycles. The van der Waals surface area contributed by atoms with Gasteiger partial charge in [-0.3, -0.25) is 4.79 Å². The van der Waals surface area contributed by atoms with Crippen LogP contribution in [0.5, 0.6) is 0 Å². The van der Waals surface area contributed by atoms with Gasteiger partial charge in [-0.25, -0.2) is 9.97 Å². The van der Waals surface area contributed by atoms with Crippen molar-refractivity contribution in [2.24, 2.45) is 0 Å². The summed E-state index contributed by atoms with van der Waals surface area (Å²) in [6, 6.07) is 9.77. The average molecular weight is 377 g/mol. The summed E-state index contributed by atoms with van der Waals surface area (Å²) in [7, 11) is 0. The zero-order valence-electron chi connectivity index (χ0n) is 15.0. The first-order valence-electron chi connectivity index (χ1n) is 8.93. The Balaban J connectivity index is 1.62. The van der Waals surface area contributed by atoms with Gasteiger partial charge in [0, 0.05) is 28.9 Å². The zero-order valence-corrected chi connectivity index (χ0v) is 15.8. The molecule has 136 valence electrons. The molecular formula is C20H19N5OS. The van der Waals surface area contributed by atoms with Crippen molar-refractivity contribution in [1.29, 1.82) is 5.26 Å². The second kappa shape index (κ2) is 7.33. The number of aromatic nitrogens is 2. The molecule has 1 amide bonds. The fourth-order valence-corrected chi connectivity index (χ4v) is 4.12. The number of anilines is 1. The maximum atomic E-state index is 12.8. The van der Waals surface area contributed by atoms with Crippen LogP contribution in [-0.2, 0) is 6.54 Å². The quantitative estimate of drug-likeness (QED) is 0.749. The molecule has 0 atom stereocenters. The first-order valence-corrected chi connectivity index (χ1v) is 9.74. The number of nitrogens with one attached hydrogen (secondary N) is 1. The van der Waals surface area contributed by atoms with E-state index < -0.39 is 0 Å². The first kappa shape index (κ1) is 17.4. The van der Waals surface area contributed by atoms with Crippen molar-refractivity contribution in [2.75, 3.05) is 18.4 Å². The number of rotatable bonds is 4. The van der Waals surface area contributed by atoms with Crippen LogP contribution in [0.3, 0.4) is 0 Å². The number of amides is 1. The number of likely N-dealkylation sites (tertiary alicyclic amines) is 1. The van der Waals surface area contributed by atoms with Gasteiger partial charge in [0.25, 0.3) is 5.91 Å². The molecule has 1 aliphatic rings. The summed E-state index contributed by atoms with van der Waals surface area (Å²) in [4.78, 5) is 25.2. The number of aryl methyl sites for hydroxylation is 1. The number of benzene rings is 1. The number of fused-ring (bicyclic) bond motifs is 1. The van der Waals surface area contributed by atoms with Crippen LogP contribution in [-0.4, -0.2) is 33.9 Å². The standard InChI is InChI=1S/C20H19N5OS/c1-13-8-17-18(9-16(13)20(26)25-6-2-3-7-25)23-12-24-19(17)22-11-15-5-4-14(10-21)27-15/h4-5,8-9,12H,2-3,6-7,11H2,1H3,(H,22,23,24). The molecule has 0 aliphatic carbocycles. The summed E-state index contributed by atoms with van der Waals surface area (Å²) in [5.74, 6) is 0.817. The second-order valence-electron chi connectivity index (χ2n) is 6.64. The topological polar surface area (TPSA) is 81.9 Å². The van der Waals surface area contributed by atoms with Gasteiger partial charge < -0.3 is 10.2 Å². The Bertz CT molecular complexity index is 1050. The molecule has 1 N–H and O–H groups in total. The third-order valence-corrected chi connectivity index (χ3v) is 5.80. The largest absolute Gasteiger partial charge is 0.365 e. The molecule has 0 spiro atoms. The predicted molar refractivity (Wildman–Crippen MR) is 106 cm³/mol. The van der Waals surface area contributed by atoms with Gasteiger partial charge >= 0.3 is 0 Å². The van der Waals surface area contributed by atoms with Gasteiger partial charge in [-0.1, -0.05) is 0 Å². The number of nitriles is 1. The lowest BCUT2D eigenvalue weighted by Gasteiger charge is -2.17. The normalized spacial score (nSPS) is 13.7. The number of hydrogen-bond acceptors (Lipinski definition) is 6. The van der Waals surface area contributed by atoms with Gasteiger partial charge in [0.2, 0.25) is 0 Å². The van der Waals surface area contributed by atoms with E-state index in [0.717, 1.165) is 53.1 Å². The summed E-state index contributed by atoms with van der Waals surface area (Å²) in [5, 5.41) is 13.2. The molecule has 3 heterocycles. The first-order chi connectivity index (χ1) is 13.2. The Morgan fingerprint density at radius 2 is 2.11 bits per heavy atom. The van der Waals surface area contributed by atoms with Crippen LogP contribution < -0.4 is 5.32 Å². The third-order valence-electron chi connectivity index (χ3n) is 4.81. The Kier molecular flexibility index (Phi) is 4.73. The lowest BCUT2D eigenvalue weighted by Crippen LogP contribution is -2.28. The number of hydrogen-bond donors (Lipinski definition) is 1. The van der Waals surface area contributed by atoms with E-state index in [0.29, 0.717) is 17.0 Å². The monoisotopic (exact) mass is 377 g/mol. The van der Waals surface area contributed by atoms with Crippen LogP contribution in [0.2, 0.25) is 0 Å². The minimum atomic E-state index is 0.0858. The summed E-state index contributed by atoms with van der Waals surface area (Å²) >= 11 is 1.46. The van der Waals surface area contributed by atoms with Crippen LogP contribution in [0.15, 0.2) is 30.6 Å². The van der Waals surface area contributed by atoms with Gasteiger partial charge in [-0.05, 0) is 49.6 Å². The molecule has 7 heteroatoms. The molecule has 0 radical (unpaired) electrons. The summed E-state index contributed by atoms with van der Waals surface area (Å²) < 4.78 is 0. The van der Waals surface area contributed by atoms with E-state index in [1.165, 1.54) is 17.7 Å². The van der Waals surface area contributed by atoms with Gasteiger partial charge in [-0.2, -0.15) is 5.26 Å². The van der Waals surface area contributed by atoms with Crippen LogP contribution in [0.25, 0.3) is 10.9 Å². The molecule has 27 heavy (non-hydrogen) atoms. The van der Waals surface area contributed by atoms with Crippen molar-refractivity contribution in [1.82, 2.24) is 14.9 Å². The Hall–Kier alpha value is -2.98. The molecule has 1 aliphatic heterocycles. The average Bonchev–Trinajstić information content (AvgIpc) is 3.37. The lowest BCUT2D eigenvalue weighted by atomic mass is 10.0. The van der Waals surface area contributed by atoms with E-state index in [4.69, 9.17) is 5.26 Å². The summed E-state index contributed by atoms with van der Waals surface area (Å²) in [6.07, 6.45) is 3.66. The van der Waals surface area contributed by atoms with Crippen molar-refractivity contribution in [2.45, 2.75) is 26.3 Å². The fraction of sp³-hybridized carbons (Fsp3) is 0.300. The molecular weight excluding hydrogens is 358 g/mol. The molecule has 1 fully saturated rings. The molecule has 1 saturated heterocycles. The molecule has 0 bridgehead atoms. The van der Waals surface area contributed by atoms with Crippen molar-refractivity contribution in [3.63, 3.8) is 0 Å². The molecule has 1 aromatic carbocycles. The van der Waals surface area contributed by atoms with E-state index in [1.807, 2.05) is 36.1 Å². The van der Waals surface area contributed by atoms with E-state index in [-0.39, 0.29) is 5.91 Å². The molecule has 3 aromatic rings. The van der Waals surface area contributed by atoms with Crippen molar-refractivity contribution >= 4 is 34.0 Å². The Morgan fingerprint density at radius 3 is 2.85 bits per heavy atom. The highest BCUT2D eigenvalue weighted by atomic mass is 32.1. The molecule has 0 unspecified atom stereocenters. The number of thiophene rings is 1. The van der Waals surface area contributed by atoms with Crippen molar-refractivity contribution in [3.05, 3.63) is 51.5 Å². The van der Waals surface area contributed by atoms with Crippen LogP contribution in [0, 0.1) is 18.3 Å². The van der Waals surface area contributed by atoms with Crippen molar-refractivity contribution in [3.8, 4) is 6.07 Å². The minimum absolute atomic E-state index is 0.0858. The van der Waals surface area contributed by atoms with Crippen LogP contribution in [0.1, 0.15) is 38.5 Å². The minimum Gasteiger partial charge on any atom is -0.365 e. The third kappa shape index (κ3) is 3.49. The van der Waals surface area contributed by atoms with Crippen LogP contribution >= 0.6 is 11.3 Å². The molecule has 0 saturated carbocycles. The zero-order chi connectivity index (χ0) is 18.8. The highest BCUT2D eigenvalue weighted by Crippen LogP contribution is 2.26. The van der Waals surface area contributed by atoms with Gasteiger partial charge in [0.15, 0.2) is 0 Å². The van der Waals surface area contributed by atoms with E-state index >= 15 is 0 Å². The van der Waals surface area contributed by atoms with Gasteiger partial charge in [-0.15, -0.1) is 11.3 Å². The SMILES string of the molecule is Cc1cc2c(NCc3ccc(C#N)s3)ncnc2cc1C(=O)N1CCCC1. The molecule has 4 rings (SSSR count). The van der Waals surface area contributed by atoms with E-state index in [1.54, 1.807) is 0 Å². The number of nitrogens with zero attached hydrogens (tertiary/aromatic N) is 4. The highest BCUT2D eigenvalue weighted by molar-refractivity contribution is 7.12. The lowest BCUT2D eigenvalue weighted by molar-refractivity contribution is 0.0792. The van der Waals surface area contributed by atoms with E-state index in [9.17, 15) is 4.79 Å². The van der Waals surface area contributed by atoms with Gasteiger partial charge in [0.05, 0.1) is 12.1 Å². The number of carbonyl (C=O) groups is 1. The Labute approximate surface area is 161 Å². The Morgan fingerprint density at radius 1 is 1.30 bits per heavy atom. The van der Waals surface area contributed by atoms with E-state index in [2.05, 4.69) is 21.4 Å². The summed E-state index contributed by atoms with van der Waals surface area (Å²) in [6.45, 7) is 4.21. The highest BCUT2D eigenvalue weighted by Gasteiger charge is 2.22. The van der Waals surface area contributed by atoms with Crippen LogP contribution in [0.4, 0.5) is 5.82 Å². The maximum Gasteiger partial charge on any atom is 0.254 e. The fourth-order valence-electron chi connectivity index (χ4n) is 3.38. The summed E-state index contributed by atoms with van der Waals surface area (Å²) in [5.41, 5.74) is 2.40. The smallest absolute Gasteiger partial charge is 0.254 e. The maximum absolute atomic E-state index is 12.8. The predicted octanol–water partition coefficient (Wildman–Crippen LogP) is 3.72. The van der Waals surface area contributed by atoms with Gasteiger partial charge in [0.1, 0.15) is 23.1 Å². The van der Waals surface area contributed by atoms with Crippen molar-refractivity contribution < 1.29 is 4.79 Å². The second-order valence-corrected chi connectivity index (χ2v) is 7.81.